The first-order chi connectivity index (χ1) is 29.8. The molecule has 0 saturated carbocycles. The van der Waals surface area contributed by atoms with Crippen LogP contribution in [0.25, 0.3) is 5.57 Å². The van der Waals surface area contributed by atoms with Gasteiger partial charge in [0.05, 0.1) is 12.5 Å². The number of aromatic amines is 1. The summed E-state index contributed by atoms with van der Waals surface area (Å²) in [5, 5.41) is 22.1. The van der Waals surface area contributed by atoms with Crippen molar-refractivity contribution in [3.63, 3.8) is 0 Å². The van der Waals surface area contributed by atoms with Gasteiger partial charge in [-0.1, -0.05) is 114 Å². The Balaban J connectivity index is -0.000000734. The van der Waals surface area contributed by atoms with Gasteiger partial charge in [-0.3, -0.25) is 28.9 Å². The number of carboxylic acid groups (broad SMARTS) is 1. The number of aliphatic carboxylic acids is 1. The molecule has 2 heterocycles. The lowest BCUT2D eigenvalue weighted by Crippen LogP contribution is -2.37. The maximum absolute atomic E-state index is 11.7. The topological polar surface area (TPSA) is 204 Å². The number of H-pyrrole nitrogens is 1. The third kappa shape index (κ3) is 26.5. The van der Waals surface area contributed by atoms with E-state index in [1.165, 1.54) is 19.7 Å². The Morgan fingerprint density at radius 1 is 0.738 bits per heavy atom. The molecule has 370 valence electrons. The van der Waals surface area contributed by atoms with Gasteiger partial charge in [0.1, 0.15) is 5.78 Å². The van der Waals surface area contributed by atoms with E-state index in [1.54, 1.807) is 19.9 Å². The third-order valence-electron chi connectivity index (χ3n) is 9.33. The number of nitriles is 1. The van der Waals surface area contributed by atoms with Crippen LogP contribution in [0.3, 0.4) is 0 Å². The number of aromatic nitrogens is 3. The fraction of sp³-hybridized carbons (Fsp3) is 0.686. The Labute approximate surface area is 391 Å². The highest BCUT2D eigenvalue weighted by molar-refractivity contribution is 6.03. The van der Waals surface area contributed by atoms with E-state index in [0.29, 0.717) is 24.0 Å². The van der Waals surface area contributed by atoms with Crippen LogP contribution in [0.2, 0.25) is 0 Å². The quantitative estimate of drug-likeness (QED) is 0.129. The van der Waals surface area contributed by atoms with Crippen LogP contribution in [0.5, 0.6) is 0 Å². The zero-order valence-corrected chi connectivity index (χ0v) is 44.0. The number of hydrogen-bond acceptors (Lipinski definition) is 8. The molecule has 1 aliphatic rings. The number of rotatable bonds is 13. The average Bonchev–Trinajstić information content (AvgIpc) is 3.66. The third-order valence-corrected chi connectivity index (χ3v) is 9.33. The van der Waals surface area contributed by atoms with Crippen molar-refractivity contribution in [2.75, 3.05) is 0 Å². The van der Waals surface area contributed by atoms with Crippen molar-refractivity contribution >= 4 is 35.0 Å². The molecule has 1 aliphatic heterocycles. The van der Waals surface area contributed by atoms with E-state index in [-0.39, 0.29) is 89.8 Å². The SMILES string of the molecule is CC(C)C.CC(C)C(=CC#N)c1ccc(C(C)C)cc1.CC(C)C(=O)C(C)C.CC(C)C1CC(=O)N(C(C)C)C1=O.CC(C)NC(=O)CCC(=O)O.CC(C)n1[nH]c(=O)n(C(C)C)c1=O. The molecule has 1 saturated heterocycles. The molecular weight excluding hydrogens is 825 g/mol. The highest BCUT2D eigenvalue weighted by atomic mass is 16.4. The van der Waals surface area contributed by atoms with Gasteiger partial charge in [-0.05, 0) is 95.8 Å². The minimum absolute atomic E-state index is 0.00347. The molecule has 1 unspecified atom stereocenters. The van der Waals surface area contributed by atoms with Crippen LogP contribution < -0.4 is 16.7 Å². The average molecular weight is 913 g/mol. The van der Waals surface area contributed by atoms with E-state index in [1.807, 2.05) is 83.1 Å². The summed E-state index contributed by atoms with van der Waals surface area (Å²) in [6.07, 6.45) is 2.01. The number of benzene rings is 1. The highest BCUT2D eigenvalue weighted by Crippen LogP contribution is 2.28. The van der Waals surface area contributed by atoms with Crippen LogP contribution in [-0.2, 0) is 24.0 Å². The second-order valence-electron chi connectivity index (χ2n) is 19.6. The second kappa shape index (κ2) is 32.6. The van der Waals surface area contributed by atoms with Crippen molar-refractivity contribution in [3.8, 4) is 6.07 Å². The Hall–Kier alpha value is -5.06. The van der Waals surface area contributed by atoms with E-state index in [0.717, 1.165) is 17.1 Å². The largest absolute Gasteiger partial charge is 0.481 e. The lowest BCUT2D eigenvalue weighted by atomic mass is 9.93. The summed E-state index contributed by atoms with van der Waals surface area (Å²) < 4.78 is 2.54. The van der Waals surface area contributed by atoms with Gasteiger partial charge in [0, 0.05) is 60.8 Å². The summed E-state index contributed by atoms with van der Waals surface area (Å²) in [7, 11) is 0. The number of likely N-dealkylation sites (tertiary alicyclic amines) is 1. The van der Waals surface area contributed by atoms with Crippen molar-refractivity contribution in [1.29, 1.82) is 5.26 Å². The molecular formula is C51H88N6O8. The maximum Gasteiger partial charge on any atom is 0.347 e. The zero-order valence-electron chi connectivity index (χ0n) is 44.0. The summed E-state index contributed by atoms with van der Waals surface area (Å²) in [4.78, 5) is 79.0. The second-order valence-corrected chi connectivity index (χ2v) is 19.6. The van der Waals surface area contributed by atoms with E-state index in [9.17, 15) is 33.6 Å². The number of carbonyl (C=O) groups is 5. The van der Waals surface area contributed by atoms with Crippen molar-refractivity contribution in [2.45, 2.75) is 195 Å². The van der Waals surface area contributed by atoms with E-state index in [2.05, 4.69) is 89.2 Å². The van der Waals surface area contributed by atoms with Crippen LogP contribution in [0, 0.1) is 46.8 Å². The predicted octanol–water partition coefficient (Wildman–Crippen LogP) is 10.2. The monoisotopic (exact) mass is 913 g/mol. The fourth-order valence-electron chi connectivity index (χ4n) is 5.95. The molecule has 2 aromatic rings. The molecule has 0 aliphatic carbocycles. The zero-order chi connectivity index (χ0) is 51.6. The predicted molar refractivity (Wildman–Crippen MR) is 264 cm³/mol. The molecule has 14 nitrogen and oxygen atoms in total. The standard InChI is InChI=1S/C15H19N.C10H17NO2.C8H15N3O2.C7H13NO3.C7H14O.C4H10/c1-11(2)13-5-7-14(8-6-13)15(9-10-16)12(3)4;1-6(2)8-5-9(12)11(7(3)4)10(8)13;1-5(2)10-7(12)9-11(6(3)4)8(10)13;1-5(2)8-6(9)3-4-7(10)11;1-5(2)7(8)6(3)4;1-4(2)3/h5-9,11-12H,1-4H3;6-8H,5H2,1-4H3;5-6H,1-4H3,(H,9,12);5H,3-4H2,1-2H3,(H,8,9)(H,10,11);5-6H,1-4H3;4H,1-3H3. The number of hydrogen-bond donors (Lipinski definition) is 3. The molecule has 1 atom stereocenters. The first-order valence-electron chi connectivity index (χ1n) is 23.3. The number of amides is 3. The van der Waals surface area contributed by atoms with Crippen molar-refractivity contribution in [3.05, 3.63) is 62.4 Å². The number of carbonyl (C=O) groups excluding carboxylic acids is 4. The number of ketones is 1. The van der Waals surface area contributed by atoms with Crippen LogP contribution in [-0.4, -0.2) is 65.9 Å². The lowest BCUT2D eigenvalue weighted by Gasteiger charge is -2.19. The molecule has 1 aromatic carbocycles. The Bertz CT molecular complexity index is 1900. The highest BCUT2D eigenvalue weighted by Gasteiger charge is 2.41. The van der Waals surface area contributed by atoms with Crippen LogP contribution >= 0.6 is 0 Å². The lowest BCUT2D eigenvalue weighted by molar-refractivity contribution is -0.142. The first-order valence-corrected chi connectivity index (χ1v) is 23.3. The van der Waals surface area contributed by atoms with Gasteiger partial charge in [0.15, 0.2) is 0 Å². The number of nitrogens with zero attached hydrogens (tertiary/aromatic N) is 4. The Morgan fingerprint density at radius 2 is 1.22 bits per heavy atom. The molecule has 3 N–H and O–H groups in total. The van der Waals surface area contributed by atoms with Crippen LogP contribution in [0.15, 0.2) is 39.9 Å². The number of imide groups is 1. The number of allylic oxidation sites excluding steroid dienone is 2. The smallest absolute Gasteiger partial charge is 0.347 e. The summed E-state index contributed by atoms with van der Waals surface area (Å²) in [6, 6.07) is 10.6. The Morgan fingerprint density at radius 3 is 1.46 bits per heavy atom. The van der Waals surface area contributed by atoms with Gasteiger partial charge in [0.2, 0.25) is 17.7 Å². The van der Waals surface area contributed by atoms with Gasteiger partial charge in [-0.25, -0.2) is 23.9 Å². The summed E-state index contributed by atoms with van der Waals surface area (Å²) in [5.74, 6) is 1.55. The van der Waals surface area contributed by atoms with Crippen molar-refractivity contribution < 1.29 is 29.1 Å². The molecule has 65 heavy (non-hydrogen) atoms. The van der Waals surface area contributed by atoms with Crippen molar-refractivity contribution in [1.82, 2.24) is 24.6 Å². The molecule has 0 bridgehead atoms. The molecule has 0 spiro atoms. The molecule has 14 heteroatoms. The normalized spacial score (nSPS) is 13.5. The van der Waals surface area contributed by atoms with Gasteiger partial charge in [-0.15, -0.1) is 0 Å². The maximum atomic E-state index is 11.7. The van der Waals surface area contributed by atoms with Crippen molar-refractivity contribution in [2.24, 2.45) is 35.5 Å². The minimum atomic E-state index is -0.941. The van der Waals surface area contributed by atoms with Gasteiger partial charge in [0.25, 0.3) is 0 Å². The van der Waals surface area contributed by atoms with Gasteiger partial charge in [-0.2, -0.15) is 5.26 Å². The van der Waals surface area contributed by atoms with Crippen LogP contribution in [0.4, 0.5) is 0 Å². The first kappa shape index (κ1) is 64.2. The van der Waals surface area contributed by atoms with E-state index >= 15 is 0 Å². The van der Waals surface area contributed by atoms with Crippen LogP contribution in [0.1, 0.15) is 194 Å². The molecule has 1 aromatic heterocycles. The Kier molecular flexibility index (Phi) is 32.2. The minimum Gasteiger partial charge on any atom is -0.481 e. The summed E-state index contributed by atoms with van der Waals surface area (Å²) in [5.41, 5.74) is 2.99. The van der Waals surface area contributed by atoms with Gasteiger partial charge < -0.3 is 10.4 Å². The molecule has 0 radical (unpaired) electrons. The number of carboxylic acids is 1. The number of Topliss-reactive ketones (excluding diaryl/α,β-unsaturated/α-hetero) is 1. The van der Waals surface area contributed by atoms with E-state index < -0.39 is 5.97 Å². The van der Waals surface area contributed by atoms with E-state index in [4.69, 9.17) is 10.4 Å². The molecule has 3 amide bonds. The molecule has 3 rings (SSSR count). The van der Waals surface area contributed by atoms with Gasteiger partial charge >= 0.3 is 17.3 Å². The number of nitrogens with one attached hydrogen (secondary N) is 2. The summed E-state index contributed by atoms with van der Waals surface area (Å²) in [6.45, 7) is 41.5. The molecule has 1 fully saturated rings. The fourth-order valence-corrected chi connectivity index (χ4v) is 5.95. The summed E-state index contributed by atoms with van der Waals surface area (Å²) >= 11 is 0.